The van der Waals surface area contributed by atoms with Gasteiger partial charge >= 0.3 is 5.97 Å². The van der Waals surface area contributed by atoms with Crippen LogP contribution in [0.3, 0.4) is 0 Å². The van der Waals surface area contributed by atoms with Crippen molar-refractivity contribution in [2.75, 3.05) is 0 Å². The number of nitrogens with zero attached hydrogens (tertiary/aromatic N) is 1. The number of rotatable bonds is 3. The number of carboxylic acid groups (broad SMARTS) is 1. The van der Waals surface area contributed by atoms with Crippen molar-refractivity contribution in [2.45, 2.75) is 44.6 Å². The molecule has 0 saturated heterocycles. The predicted octanol–water partition coefficient (Wildman–Crippen LogP) is 3.53. The number of pyridine rings is 1. The maximum atomic E-state index is 11.0. The number of hydrogen-bond donors (Lipinski definition) is 1. The summed E-state index contributed by atoms with van der Waals surface area (Å²) in [4.78, 5) is 15.0. The summed E-state index contributed by atoms with van der Waals surface area (Å²) in [6.07, 6.45) is 8.29. The molecule has 1 aromatic rings. The molecule has 4 nitrogen and oxygen atoms in total. The zero-order valence-electron chi connectivity index (χ0n) is 10.1. The van der Waals surface area contributed by atoms with Gasteiger partial charge in [0.1, 0.15) is 6.10 Å². The topological polar surface area (TPSA) is 59.4 Å². The Balaban J connectivity index is 2.08. The zero-order chi connectivity index (χ0) is 13.0. The summed E-state index contributed by atoms with van der Waals surface area (Å²) in [5.74, 6) is -0.711. The summed E-state index contributed by atoms with van der Waals surface area (Å²) >= 11 is 5.76. The minimum Gasteiger partial charge on any atom is -0.478 e. The van der Waals surface area contributed by atoms with E-state index in [4.69, 9.17) is 21.4 Å². The van der Waals surface area contributed by atoms with E-state index in [1.165, 1.54) is 25.1 Å². The number of carbonyl (C=O) groups is 1. The minimum atomic E-state index is -1.06. The Morgan fingerprint density at radius 3 is 2.61 bits per heavy atom. The number of ether oxygens (including phenoxy) is 1. The van der Waals surface area contributed by atoms with Crippen LogP contribution in [0.1, 0.15) is 48.9 Å². The molecule has 1 aliphatic carbocycles. The first-order chi connectivity index (χ1) is 8.66. The molecule has 0 aliphatic heterocycles. The summed E-state index contributed by atoms with van der Waals surface area (Å²) in [5.41, 5.74) is 0.0373. The molecule has 98 valence electrons. The van der Waals surface area contributed by atoms with E-state index in [0.29, 0.717) is 5.88 Å². The summed E-state index contributed by atoms with van der Waals surface area (Å²) < 4.78 is 5.75. The average molecular weight is 270 g/mol. The predicted molar refractivity (Wildman–Crippen MR) is 68.3 cm³/mol. The van der Waals surface area contributed by atoms with E-state index >= 15 is 0 Å². The second kappa shape index (κ2) is 6.05. The molecule has 0 aromatic carbocycles. The number of carboxylic acids is 1. The van der Waals surface area contributed by atoms with Crippen molar-refractivity contribution in [3.05, 3.63) is 22.8 Å². The van der Waals surface area contributed by atoms with E-state index in [0.717, 1.165) is 25.7 Å². The quantitative estimate of drug-likeness (QED) is 0.853. The number of hydrogen-bond acceptors (Lipinski definition) is 3. The number of aromatic carboxylic acids is 1. The first kappa shape index (κ1) is 13.1. The van der Waals surface area contributed by atoms with Gasteiger partial charge in [0.05, 0.1) is 16.8 Å². The molecule has 0 atom stereocenters. The fraction of sp³-hybridized carbons (Fsp3) is 0.538. The van der Waals surface area contributed by atoms with Crippen molar-refractivity contribution in [3.8, 4) is 5.88 Å². The van der Waals surface area contributed by atoms with Crippen molar-refractivity contribution in [1.29, 1.82) is 0 Å². The van der Waals surface area contributed by atoms with Crippen LogP contribution in [-0.4, -0.2) is 22.2 Å². The lowest BCUT2D eigenvalue weighted by Crippen LogP contribution is -2.16. The highest BCUT2D eigenvalue weighted by molar-refractivity contribution is 6.33. The van der Waals surface area contributed by atoms with Gasteiger partial charge in [-0.2, -0.15) is 0 Å². The van der Waals surface area contributed by atoms with Crippen LogP contribution in [-0.2, 0) is 0 Å². The van der Waals surface area contributed by atoms with Gasteiger partial charge in [0, 0.05) is 6.07 Å². The Morgan fingerprint density at radius 2 is 2.00 bits per heavy atom. The molecule has 0 spiro atoms. The molecule has 0 bridgehead atoms. The maximum absolute atomic E-state index is 11.0. The standard InChI is InChI=1S/C13H16ClNO3/c14-11-8-15-12(7-10(11)13(16)17)18-9-5-3-1-2-4-6-9/h7-9H,1-6H2,(H,16,17). The average Bonchev–Trinajstić information content (AvgIpc) is 2.60. The largest absolute Gasteiger partial charge is 0.478 e. The van der Waals surface area contributed by atoms with Crippen LogP contribution in [0, 0.1) is 0 Å². The molecular formula is C13H16ClNO3. The third-order valence-corrected chi connectivity index (χ3v) is 3.45. The lowest BCUT2D eigenvalue weighted by atomic mass is 10.1. The molecule has 5 heteroatoms. The second-order valence-electron chi connectivity index (χ2n) is 4.54. The molecule has 1 aromatic heterocycles. The highest BCUT2D eigenvalue weighted by Crippen LogP contribution is 2.24. The first-order valence-electron chi connectivity index (χ1n) is 6.22. The van der Waals surface area contributed by atoms with Gasteiger partial charge in [-0.1, -0.05) is 24.4 Å². The van der Waals surface area contributed by atoms with Crippen LogP contribution in [0.2, 0.25) is 5.02 Å². The Hall–Kier alpha value is -1.29. The van der Waals surface area contributed by atoms with Crippen LogP contribution < -0.4 is 4.74 Å². The van der Waals surface area contributed by atoms with Gasteiger partial charge in [0.15, 0.2) is 0 Å². The van der Waals surface area contributed by atoms with Gasteiger partial charge in [-0.05, 0) is 25.7 Å². The Morgan fingerprint density at radius 1 is 1.33 bits per heavy atom. The molecule has 1 N–H and O–H groups in total. The Kier molecular flexibility index (Phi) is 4.42. The highest BCUT2D eigenvalue weighted by Gasteiger charge is 2.16. The zero-order valence-corrected chi connectivity index (χ0v) is 10.8. The van der Waals surface area contributed by atoms with E-state index in [1.807, 2.05) is 0 Å². The Labute approximate surface area is 111 Å². The third-order valence-electron chi connectivity index (χ3n) is 3.15. The summed E-state index contributed by atoms with van der Waals surface area (Å²) in [7, 11) is 0. The van der Waals surface area contributed by atoms with Gasteiger partial charge in [0.2, 0.25) is 5.88 Å². The molecule has 1 fully saturated rings. The first-order valence-corrected chi connectivity index (χ1v) is 6.60. The van der Waals surface area contributed by atoms with E-state index in [1.54, 1.807) is 0 Å². The van der Waals surface area contributed by atoms with Gasteiger partial charge in [-0.25, -0.2) is 9.78 Å². The minimum absolute atomic E-state index is 0.0373. The van der Waals surface area contributed by atoms with Gasteiger partial charge in [0.25, 0.3) is 0 Å². The fourth-order valence-corrected chi connectivity index (χ4v) is 2.36. The van der Waals surface area contributed by atoms with Crippen molar-refractivity contribution < 1.29 is 14.6 Å². The lowest BCUT2D eigenvalue weighted by Gasteiger charge is -2.16. The summed E-state index contributed by atoms with van der Waals surface area (Å²) in [6, 6.07) is 1.40. The number of aromatic nitrogens is 1. The summed E-state index contributed by atoms with van der Waals surface area (Å²) in [5, 5.41) is 9.11. The van der Waals surface area contributed by atoms with E-state index < -0.39 is 5.97 Å². The Bertz CT molecular complexity index is 428. The molecule has 1 saturated carbocycles. The number of halogens is 1. The van der Waals surface area contributed by atoms with Gasteiger partial charge < -0.3 is 9.84 Å². The molecule has 18 heavy (non-hydrogen) atoms. The van der Waals surface area contributed by atoms with Crippen LogP contribution in [0.4, 0.5) is 0 Å². The SMILES string of the molecule is O=C(O)c1cc(OC2CCCCCC2)ncc1Cl. The monoisotopic (exact) mass is 269 g/mol. The van der Waals surface area contributed by atoms with Crippen molar-refractivity contribution >= 4 is 17.6 Å². The van der Waals surface area contributed by atoms with Gasteiger partial charge in [-0.3, -0.25) is 0 Å². The van der Waals surface area contributed by atoms with Crippen LogP contribution in [0.25, 0.3) is 0 Å². The van der Waals surface area contributed by atoms with Crippen LogP contribution in [0.5, 0.6) is 5.88 Å². The fourth-order valence-electron chi connectivity index (χ4n) is 2.18. The molecule has 0 amide bonds. The van der Waals surface area contributed by atoms with Gasteiger partial charge in [-0.15, -0.1) is 0 Å². The molecular weight excluding hydrogens is 254 g/mol. The van der Waals surface area contributed by atoms with E-state index in [2.05, 4.69) is 4.98 Å². The highest BCUT2D eigenvalue weighted by atomic mass is 35.5. The lowest BCUT2D eigenvalue weighted by molar-refractivity contribution is 0.0695. The smallest absolute Gasteiger partial charge is 0.337 e. The van der Waals surface area contributed by atoms with Crippen LogP contribution in [0.15, 0.2) is 12.3 Å². The van der Waals surface area contributed by atoms with Crippen molar-refractivity contribution in [1.82, 2.24) is 4.98 Å². The van der Waals surface area contributed by atoms with Crippen molar-refractivity contribution in [2.24, 2.45) is 0 Å². The third kappa shape index (κ3) is 3.35. The molecule has 0 unspecified atom stereocenters. The van der Waals surface area contributed by atoms with E-state index in [-0.39, 0.29) is 16.7 Å². The van der Waals surface area contributed by atoms with Crippen LogP contribution >= 0.6 is 11.6 Å². The van der Waals surface area contributed by atoms with E-state index in [9.17, 15) is 4.79 Å². The molecule has 1 aliphatic rings. The molecule has 1 heterocycles. The molecule has 0 radical (unpaired) electrons. The normalized spacial score (nSPS) is 17.2. The van der Waals surface area contributed by atoms with Crippen molar-refractivity contribution in [3.63, 3.8) is 0 Å². The molecule has 2 rings (SSSR count). The second-order valence-corrected chi connectivity index (χ2v) is 4.95. The summed E-state index contributed by atoms with van der Waals surface area (Å²) in [6.45, 7) is 0. The maximum Gasteiger partial charge on any atom is 0.337 e.